The van der Waals surface area contributed by atoms with Crippen LogP contribution in [0.2, 0.25) is 5.02 Å². The second kappa shape index (κ2) is 7.76. The van der Waals surface area contributed by atoms with Gasteiger partial charge in [0.25, 0.3) is 0 Å². The van der Waals surface area contributed by atoms with Crippen molar-refractivity contribution in [1.82, 2.24) is 4.98 Å². The number of aromatic nitrogens is 1. The number of benzene rings is 1. The molecule has 0 saturated heterocycles. The molecule has 1 fully saturated rings. The Labute approximate surface area is 177 Å². The number of ether oxygens (including phenoxy) is 1. The van der Waals surface area contributed by atoms with Crippen LogP contribution in [0.1, 0.15) is 43.7 Å². The number of amides is 1. The van der Waals surface area contributed by atoms with Gasteiger partial charge < -0.3 is 10.1 Å². The summed E-state index contributed by atoms with van der Waals surface area (Å²) in [6, 6.07) is 8.12. The lowest BCUT2D eigenvalue weighted by Gasteiger charge is -2.38. The SMILES string of the molecule is CC(C(=O)Nc1ccc(Cl)cc1)C1CCC2(CC1)COc1ncc(C(F)(F)F)cc12. The zero-order valence-corrected chi connectivity index (χ0v) is 17.2. The number of pyridine rings is 1. The quantitative estimate of drug-likeness (QED) is 0.654. The average molecular weight is 439 g/mol. The number of alkyl halides is 3. The summed E-state index contributed by atoms with van der Waals surface area (Å²) in [6.07, 6.45) is -0.773. The van der Waals surface area contributed by atoms with Crippen molar-refractivity contribution in [2.75, 3.05) is 11.9 Å². The van der Waals surface area contributed by atoms with E-state index in [1.54, 1.807) is 24.3 Å². The molecule has 2 aromatic rings. The fourth-order valence-corrected chi connectivity index (χ4v) is 4.62. The van der Waals surface area contributed by atoms with E-state index in [0.29, 0.717) is 41.6 Å². The molecule has 1 aliphatic carbocycles. The second-order valence-corrected chi connectivity index (χ2v) is 8.70. The topological polar surface area (TPSA) is 51.2 Å². The van der Waals surface area contributed by atoms with Crippen molar-refractivity contribution >= 4 is 23.2 Å². The number of hydrogen-bond donors (Lipinski definition) is 1. The van der Waals surface area contributed by atoms with Crippen molar-refractivity contribution in [3.8, 4) is 5.88 Å². The van der Waals surface area contributed by atoms with Crippen LogP contribution in [0, 0.1) is 11.8 Å². The smallest absolute Gasteiger partial charge is 0.417 e. The van der Waals surface area contributed by atoms with E-state index in [-0.39, 0.29) is 17.7 Å². The van der Waals surface area contributed by atoms with Crippen LogP contribution in [0.25, 0.3) is 0 Å². The van der Waals surface area contributed by atoms with E-state index in [4.69, 9.17) is 16.3 Å². The molecule has 1 N–H and O–H groups in total. The summed E-state index contributed by atoms with van der Waals surface area (Å²) in [5, 5.41) is 3.51. The van der Waals surface area contributed by atoms with E-state index in [1.165, 1.54) is 6.07 Å². The van der Waals surface area contributed by atoms with E-state index < -0.39 is 17.2 Å². The fourth-order valence-electron chi connectivity index (χ4n) is 4.50. The molecule has 30 heavy (non-hydrogen) atoms. The Bertz CT molecular complexity index is 938. The van der Waals surface area contributed by atoms with Gasteiger partial charge in [-0.2, -0.15) is 13.2 Å². The van der Waals surface area contributed by atoms with Gasteiger partial charge in [0, 0.05) is 33.8 Å². The van der Waals surface area contributed by atoms with Gasteiger partial charge in [-0.05, 0) is 61.9 Å². The third kappa shape index (κ3) is 4.00. The Balaban J connectivity index is 1.43. The Morgan fingerprint density at radius 1 is 1.27 bits per heavy atom. The number of hydrogen-bond acceptors (Lipinski definition) is 3. The average Bonchev–Trinajstić information content (AvgIpc) is 3.07. The predicted octanol–water partition coefficient (Wildman–Crippen LogP) is 5.85. The van der Waals surface area contributed by atoms with Gasteiger partial charge in [0.2, 0.25) is 11.8 Å². The molecule has 4 nitrogen and oxygen atoms in total. The number of halogens is 4. The van der Waals surface area contributed by atoms with Crippen LogP contribution < -0.4 is 10.1 Å². The maximum atomic E-state index is 13.1. The highest BCUT2D eigenvalue weighted by molar-refractivity contribution is 6.30. The molecule has 1 amide bonds. The zero-order valence-electron chi connectivity index (χ0n) is 16.4. The highest BCUT2D eigenvalue weighted by Gasteiger charge is 2.46. The molecule has 0 radical (unpaired) electrons. The summed E-state index contributed by atoms with van der Waals surface area (Å²) < 4.78 is 45.0. The number of fused-ring (bicyclic) bond motifs is 2. The van der Waals surface area contributed by atoms with Crippen LogP contribution in [-0.2, 0) is 16.4 Å². The van der Waals surface area contributed by atoms with Gasteiger partial charge in [-0.25, -0.2) is 4.98 Å². The van der Waals surface area contributed by atoms with Gasteiger partial charge in [0.15, 0.2) is 0 Å². The van der Waals surface area contributed by atoms with E-state index >= 15 is 0 Å². The summed E-state index contributed by atoms with van der Waals surface area (Å²) in [5.41, 5.74) is 0.0392. The minimum Gasteiger partial charge on any atom is -0.476 e. The summed E-state index contributed by atoms with van der Waals surface area (Å²) >= 11 is 5.87. The molecule has 2 aliphatic rings. The minimum absolute atomic E-state index is 0.0673. The molecule has 1 saturated carbocycles. The third-order valence-electron chi connectivity index (χ3n) is 6.45. The van der Waals surface area contributed by atoms with Crippen molar-refractivity contribution in [3.05, 3.63) is 52.7 Å². The predicted molar refractivity (Wildman–Crippen MR) is 108 cm³/mol. The number of rotatable bonds is 3. The van der Waals surface area contributed by atoms with Gasteiger partial charge in [-0.1, -0.05) is 18.5 Å². The van der Waals surface area contributed by atoms with Gasteiger partial charge in [-0.15, -0.1) is 0 Å². The molecule has 2 heterocycles. The van der Waals surface area contributed by atoms with Crippen LogP contribution in [0.5, 0.6) is 5.88 Å². The largest absolute Gasteiger partial charge is 0.476 e. The zero-order chi connectivity index (χ0) is 21.5. The van der Waals surface area contributed by atoms with Crippen molar-refractivity contribution in [2.45, 2.75) is 44.2 Å². The Morgan fingerprint density at radius 2 is 1.93 bits per heavy atom. The highest BCUT2D eigenvalue weighted by atomic mass is 35.5. The van der Waals surface area contributed by atoms with Gasteiger partial charge in [0.05, 0.1) is 12.2 Å². The third-order valence-corrected chi connectivity index (χ3v) is 6.71. The van der Waals surface area contributed by atoms with Crippen LogP contribution >= 0.6 is 11.6 Å². The van der Waals surface area contributed by atoms with Gasteiger partial charge in [-0.3, -0.25) is 4.79 Å². The Kier molecular flexibility index (Phi) is 5.43. The number of anilines is 1. The van der Waals surface area contributed by atoms with E-state index in [1.807, 2.05) is 6.92 Å². The molecule has 4 rings (SSSR count). The molecular weight excluding hydrogens is 417 g/mol. The molecule has 160 valence electrons. The molecule has 0 bridgehead atoms. The lowest BCUT2D eigenvalue weighted by molar-refractivity contribution is -0.138. The van der Waals surface area contributed by atoms with Crippen LogP contribution in [-0.4, -0.2) is 17.5 Å². The molecule has 1 atom stereocenters. The molecule has 1 unspecified atom stereocenters. The van der Waals surface area contributed by atoms with Crippen LogP contribution in [0.3, 0.4) is 0 Å². The molecule has 8 heteroatoms. The van der Waals surface area contributed by atoms with Crippen molar-refractivity contribution in [2.24, 2.45) is 11.8 Å². The molecule has 1 aromatic carbocycles. The summed E-state index contributed by atoms with van der Waals surface area (Å²) in [6.45, 7) is 2.24. The maximum Gasteiger partial charge on any atom is 0.417 e. The standard InChI is InChI=1S/C22H22ClF3N2O2/c1-13(19(29)28-17-4-2-16(23)3-5-17)14-6-8-21(9-7-14)12-30-20-18(21)10-15(11-27-20)22(24,25)26/h2-5,10-11,13-14H,6-9,12H2,1H3,(H,28,29). The number of nitrogens with zero attached hydrogens (tertiary/aromatic N) is 1. The Morgan fingerprint density at radius 3 is 2.57 bits per heavy atom. The summed E-state index contributed by atoms with van der Waals surface area (Å²) in [5.74, 6) is 0.183. The highest BCUT2D eigenvalue weighted by Crippen LogP contribution is 2.50. The molecule has 1 spiro atoms. The normalized spacial score (nSPS) is 24.2. The van der Waals surface area contributed by atoms with Gasteiger partial charge in [0.1, 0.15) is 0 Å². The van der Waals surface area contributed by atoms with Crippen molar-refractivity contribution in [3.63, 3.8) is 0 Å². The number of nitrogens with one attached hydrogen (secondary N) is 1. The number of carbonyl (C=O) groups is 1. The van der Waals surface area contributed by atoms with Crippen LogP contribution in [0.4, 0.5) is 18.9 Å². The van der Waals surface area contributed by atoms with Gasteiger partial charge >= 0.3 is 6.18 Å². The van der Waals surface area contributed by atoms with E-state index in [0.717, 1.165) is 19.0 Å². The fraction of sp³-hybridized carbons (Fsp3) is 0.455. The monoisotopic (exact) mass is 438 g/mol. The van der Waals surface area contributed by atoms with E-state index in [9.17, 15) is 18.0 Å². The van der Waals surface area contributed by atoms with Crippen LogP contribution in [0.15, 0.2) is 36.5 Å². The first-order valence-corrected chi connectivity index (χ1v) is 10.3. The van der Waals surface area contributed by atoms with E-state index in [2.05, 4.69) is 10.3 Å². The first-order chi connectivity index (χ1) is 14.2. The number of carbonyl (C=O) groups excluding carboxylic acids is 1. The molecular formula is C22H22ClF3N2O2. The van der Waals surface area contributed by atoms with Crippen molar-refractivity contribution in [1.29, 1.82) is 0 Å². The lowest BCUT2D eigenvalue weighted by Crippen LogP contribution is -2.37. The second-order valence-electron chi connectivity index (χ2n) is 8.27. The summed E-state index contributed by atoms with van der Waals surface area (Å²) in [7, 11) is 0. The first-order valence-electron chi connectivity index (χ1n) is 9.95. The minimum atomic E-state index is -4.43. The molecule has 1 aliphatic heterocycles. The first kappa shape index (κ1) is 21.0. The molecule has 1 aromatic heterocycles. The maximum absolute atomic E-state index is 13.1. The lowest BCUT2D eigenvalue weighted by atomic mass is 9.65. The van der Waals surface area contributed by atoms with Crippen molar-refractivity contribution < 1.29 is 22.7 Å². The summed E-state index contributed by atoms with van der Waals surface area (Å²) in [4.78, 5) is 16.6. The Hall–Kier alpha value is -2.28.